The van der Waals surface area contributed by atoms with Crippen LogP contribution in [-0.2, 0) is 20.2 Å². The molecular weight excluding hydrogens is 436 g/mol. The second-order valence-corrected chi connectivity index (χ2v) is 11.1. The lowest BCUT2D eigenvalue weighted by Gasteiger charge is -2.33. The molecule has 0 atom stereocenters. The van der Waals surface area contributed by atoms with Gasteiger partial charge < -0.3 is 10.1 Å². The summed E-state index contributed by atoms with van der Waals surface area (Å²) in [6, 6.07) is 17.0. The van der Waals surface area contributed by atoms with E-state index in [9.17, 15) is 13.2 Å². The van der Waals surface area contributed by atoms with Gasteiger partial charge in [0, 0.05) is 31.0 Å². The summed E-state index contributed by atoms with van der Waals surface area (Å²) in [7, 11) is -3.57. The SMILES string of the molecule is CCOc1ccc(S(=O)(=O)N2CCC(C(=O)NCC3(c4ccccc4)CCCC3)CC2)cc1. The minimum atomic E-state index is -3.57. The lowest BCUT2D eigenvalue weighted by molar-refractivity contribution is -0.126. The van der Waals surface area contributed by atoms with Crippen molar-refractivity contribution >= 4 is 15.9 Å². The second kappa shape index (κ2) is 10.3. The van der Waals surface area contributed by atoms with Gasteiger partial charge in [-0.3, -0.25) is 4.79 Å². The molecule has 2 fully saturated rings. The zero-order valence-electron chi connectivity index (χ0n) is 19.3. The van der Waals surface area contributed by atoms with E-state index >= 15 is 0 Å². The number of amides is 1. The van der Waals surface area contributed by atoms with Gasteiger partial charge in [0.2, 0.25) is 15.9 Å². The van der Waals surface area contributed by atoms with E-state index in [4.69, 9.17) is 4.74 Å². The number of carbonyl (C=O) groups excluding carboxylic acids is 1. The van der Waals surface area contributed by atoms with Crippen molar-refractivity contribution in [2.24, 2.45) is 5.92 Å². The fourth-order valence-corrected chi connectivity index (χ4v) is 6.66. The summed E-state index contributed by atoms with van der Waals surface area (Å²) in [6.45, 7) is 3.80. The van der Waals surface area contributed by atoms with Crippen molar-refractivity contribution in [3.63, 3.8) is 0 Å². The number of rotatable bonds is 8. The van der Waals surface area contributed by atoms with Crippen LogP contribution < -0.4 is 10.1 Å². The van der Waals surface area contributed by atoms with Crippen molar-refractivity contribution in [3.8, 4) is 5.75 Å². The number of sulfonamides is 1. The third-order valence-corrected chi connectivity index (χ3v) is 9.06. The molecule has 178 valence electrons. The summed E-state index contributed by atoms with van der Waals surface area (Å²) in [5, 5.41) is 3.22. The molecule has 1 aliphatic heterocycles. The zero-order valence-corrected chi connectivity index (χ0v) is 20.1. The Morgan fingerprint density at radius 1 is 1.03 bits per heavy atom. The molecule has 1 heterocycles. The number of hydrogen-bond acceptors (Lipinski definition) is 4. The minimum absolute atomic E-state index is 0.0224. The third kappa shape index (κ3) is 5.25. The van der Waals surface area contributed by atoms with Gasteiger partial charge in [0.25, 0.3) is 0 Å². The maximum Gasteiger partial charge on any atom is 0.243 e. The first kappa shape index (κ1) is 23.8. The molecule has 6 nitrogen and oxygen atoms in total. The average Bonchev–Trinajstić information content (AvgIpc) is 3.34. The van der Waals surface area contributed by atoms with Crippen LogP contribution >= 0.6 is 0 Å². The van der Waals surface area contributed by atoms with E-state index in [1.54, 1.807) is 24.3 Å². The Morgan fingerprint density at radius 2 is 1.67 bits per heavy atom. The van der Waals surface area contributed by atoms with Gasteiger partial charge in [0.05, 0.1) is 11.5 Å². The monoisotopic (exact) mass is 470 g/mol. The molecule has 1 aliphatic carbocycles. The number of nitrogens with one attached hydrogen (secondary N) is 1. The first-order chi connectivity index (χ1) is 15.9. The predicted molar refractivity (Wildman–Crippen MR) is 129 cm³/mol. The number of carbonyl (C=O) groups is 1. The maximum atomic E-state index is 13.0. The maximum absolute atomic E-state index is 13.0. The summed E-state index contributed by atoms with van der Waals surface area (Å²) in [4.78, 5) is 13.2. The lowest BCUT2D eigenvalue weighted by Crippen LogP contribution is -2.45. The van der Waals surface area contributed by atoms with Crippen LogP contribution in [0.5, 0.6) is 5.75 Å². The van der Waals surface area contributed by atoms with E-state index in [0.717, 1.165) is 12.8 Å². The largest absolute Gasteiger partial charge is 0.494 e. The molecule has 2 aromatic rings. The Balaban J connectivity index is 1.33. The molecule has 1 amide bonds. The Labute approximate surface area is 197 Å². The molecule has 2 aliphatic rings. The first-order valence-electron chi connectivity index (χ1n) is 12.0. The number of piperidine rings is 1. The van der Waals surface area contributed by atoms with E-state index in [-0.39, 0.29) is 22.1 Å². The molecule has 2 aromatic carbocycles. The fraction of sp³-hybridized carbons (Fsp3) is 0.500. The molecule has 0 radical (unpaired) electrons. The molecule has 0 spiro atoms. The highest BCUT2D eigenvalue weighted by Crippen LogP contribution is 2.40. The van der Waals surface area contributed by atoms with Gasteiger partial charge in [-0.2, -0.15) is 4.31 Å². The molecule has 0 unspecified atom stereocenters. The number of nitrogens with zero attached hydrogens (tertiary/aromatic N) is 1. The van der Waals surface area contributed by atoms with Crippen LogP contribution in [0.4, 0.5) is 0 Å². The molecule has 1 saturated carbocycles. The normalized spacial score (nSPS) is 19.3. The van der Waals surface area contributed by atoms with Crippen molar-refractivity contribution in [3.05, 3.63) is 60.2 Å². The second-order valence-electron chi connectivity index (χ2n) is 9.15. The predicted octanol–water partition coefficient (Wildman–Crippen LogP) is 4.11. The van der Waals surface area contributed by atoms with Gasteiger partial charge in [-0.1, -0.05) is 43.2 Å². The minimum Gasteiger partial charge on any atom is -0.494 e. The number of hydrogen-bond donors (Lipinski definition) is 1. The third-order valence-electron chi connectivity index (χ3n) is 7.15. The molecular formula is C26H34N2O4S. The van der Waals surface area contributed by atoms with Gasteiger partial charge in [-0.25, -0.2) is 8.42 Å². The van der Waals surface area contributed by atoms with Crippen LogP contribution in [-0.4, -0.2) is 44.9 Å². The summed E-state index contributed by atoms with van der Waals surface area (Å²) in [5.41, 5.74) is 1.33. The Hall–Kier alpha value is -2.38. The fourth-order valence-electron chi connectivity index (χ4n) is 5.19. The average molecular weight is 471 g/mol. The summed E-state index contributed by atoms with van der Waals surface area (Å²) < 4.78 is 32.9. The summed E-state index contributed by atoms with van der Waals surface area (Å²) in [5.74, 6) is 0.559. The van der Waals surface area contributed by atoms with Crippen LogP contribution in [0.1, 0.15) is 51.0 Å². The topological polar surface area (TPSA) is 75.7 Å². The number of benzene rings is 2. The van der Waals surface area contributed by atoms with Crippen molar-refractivity contribution in [2.45, 2.75) is 55.8 Å². The molecule has 0 aromatic heterocycles. The van der Waals surface area contributed by atoms with Gasteiger partial charge in [-0.05, 0) is 62.4 Å². The van der Waals surface area contributed by atoms with E-state index in [1.165, 1.54) is 22.7 Å². The van der Waals surface area contributed by atoms with Crippen LogP contribution in [0.25, 0.3) is 0 Å². The highest BCUT2D eigenvalue weighted by molar-refractivity contribution is 7.89. The van der Waals surface area contributed by atoms with E-state index in [1.807, 2.05) is 13.0 Å². The van der Waals surface area contributed by atoms with Crippen LogP contribution in [0.3, 0.4) is 0 Å². The van der Waals surface area contributed by atoms with E-state index < -0.39 is 10.0 Å². The van der Waals surface area contributed by atoms with Gasteiger partial charge in [-0.15, -0.1) is 0 Å². The molecule has 1 N–H and O–H groups in total. The van der Waals surface area contributed by atoms with Crippen LogP contribution in [0.2, 0.25) is 0 Å². The highest BCUT2D eigenvalue weighted by Gasteiger charge is 2.37. The lowest BCUT2D eigenvalue weighted by atomic mass is 9.78. The molecule has 1 saturated heterocycles. The van der Waals surface area contributed by atoms with Crippen molar-refractivity contribution < 1.29 is 17.9 Å². The van der Waals surface area contributed by atoms with Crippen LogP contribution in [0.15, 0.2) is 59.5 Å². The van der Waals surface area contributed by atoms with Crippen molar-refractivity contribution in [2.75, 3.05) is 26.2 Å². The standard InChI is InChI=1S/C26H34N2O4S/c1-2-32-23-10-12-24(13-11-23)33(30,31)28-18-14-21(15-19-28)25(29)27-20-26(16-6-7-17-26)22-8-4-3-5-9-22/h3-5,8-13,21H,2,6-7,14-20H2,1H3,(H,27,29). The van der Waals surface area contributed by atoms with Crippen LogP contribution in [0, 0.1) is 5.92 Å². The van der Waals surface area contributed by atoms with Gasteiger partial charge >= 0.3 is 0 Å². The van der Waals surface area contributed by atoms with Gasteiger partial charge in [0.1, 0.15) is 5.75 Å². The molecule has 4 rings (SSSR count). The van der Waals surface area contributed by atoms with Gasteiger partial charge in [0.15, 0.2) is 0 Å². The Bertz CT molecular complexity index is 1020. The quantitative estimate of drug-likeness (QED) is 0.630. The molecule has 33 heavy (non-hydrogen) atoms. The van der Waals surface area contributed by atoms with E-state index in [0.29, 0.717) is 44.8 Å². The Kier molecular flexibility index (Phi) is 7.39. The molecule has 0 bridgehead atoms. The smallest absolute Gasteiger partial charge is 0.243 e. The number of ether oxygens (including phenoxy) is 1. The highest BCUT2D eigenvalue weighted by atomic mass is 32.2. The molecule has 7 heteroatoms. The summed E-state index contributed by atoms with van der Waals surface area (Å²) >= 11 is 0. The zero-order chi connectivity index (χ0) is 23.3. The van der Waals surface area contributed by atoms with E-state index in [2.05, 4.69) is 29.6 Å². The van der Waals surface area contributed by atoms with Crippen molar-refractivity contribution in [1.82, 2.24) is 9.62 Å². The summed E-state index contributed by atoms with van der Waals surface area (Å²) in [6.07, 6.45) is 5.64. The first-order valence-corrected chi connectivity index (χ1v) is 13.4. The Morgan fingerprint density at radius 3 is 2.27 bits per heavy atom. The van der Waals surface area contributed by atoms with Crippen molar-refractivity contribution in [1.29, 1.82) is 0 Å².